The Bertz CT molecular complexity index is 1250. The minimum absolute atomic E-state index is 0.377. The SMILES string of the molecule is CCN(CC)Cc1cc(Nc2ccnc3cc4ccccc4cc23)cc(N(CC)CC)c1O. The molecular formula is C28H34N4O. The molecule has 0 fully saturated rings. The fourth-order valence-electron chi connectivity index (χ4n) is 4.46. The van der Waals surface area contributed by atoms with E-state index in [2.05, 4.69) is 96.3 Å². The van der Waals surface area contributed by atoms with Crippen molar-refractivity contribution in [1.29, 1.82) is 0 Å². The number of nitrogens with one attached hydrogen (secondary N) is 1. The number of anilines is 3. The van der Waals surface area contributed by atoms with Crippen LogP contribution in [-0.4, -0.2) is 41.2 Å². The van der Waals surface area contributed by atoms with Crippen LogP contribution < -0.4 is 10.2 Å². The maximum Gasteiger partial charge on any atom is 0.143 e. The Morgan fingerprint density at radius 3 is 2.21 bits per heavy atom. The van der Waals surface area contributed by atoms with Crippen LogP contribution in [0.5, 0.6) is 5.75 Å². The van der Waals surface area contributed by atoms with E-state index in [1.807, 2.05) is 12.3 Å². The number of rotatable bonds is 9. The molecule has 0 unspecified atom stereocenters. The Morgan fingerprint density at radius 2 is 1.55 bits per heavy atom. The average Bonchev–Trinajstić information content (AvgIpc) is 2.84. The van der Waals surface area contributed by atoms with Crippen LogP contribution >= 0.6 is 0 Å². The number of aromatic nitrogens is 1. The molecular weight excluding hydrogens is 408 g/mol. The quantitative estimate of drug-likeness (QED) is 0.228. The number of phenols is 1. The van der Waals surface area contributed by atoms with Gasteiger partial charge in [0.25, 0.3) is 0 Å². The van der Waals surface area contributed by atoms with Crippen molar-refractivity contribution in [1.82, 2.24) is 9.88 Å². The molecule has 0 aliphatic carbocycles. The second-order valence-electron chi connectivity index (χ2n) is 8.34. The van der Waals surface area contributed by atoms with E-state index in [9.17, 15) is 5.11 Å². The lowest BCUT2D eigenvalue weighted by atomic mass is 10.1. The molecule has 0 aliphatic rings. The van der Waals surface area contributed by atoms with E-state index < -0.39 is 0 Å². The van der Waals surface area contributed by atoms with Crippen molar-refractivity contribution in [2.45, 2.75) is 34.2 Å². The first-order valence-electron chi connectivity index (χ1n) is 12.0. The smallest absolute Gasteiger partial charge is 0.143 e. The van der Waals surface area contributed by atoms with Gasteiger partial charge < -0.3 is 15.3 Å². The zero-order chi connectivity index (χ0) is 23.4. The van der Waals surface area contributed by atoms with E-state index in [-0.39, 0.29) is 0 Å². The van der Waals surface area contributed by atoms with Crippen molar-refractivity contribution in [3.8, 4) is 5.75 Å². The van der Waals surface area contributed by atoms with Crippen molar-refractivity contribution in [2.24, 2.45) is 0 Å². The van der Waals surface area contributed by atoms with E-state index >= 15 is 0 Å². The van der Waals surface area contributed by atoms with Crippen molar-refractivity contribution in [3.05, 3.63) is 66.4 Å². The molecule has 4 aromatic rings. The molecule has 0 saturated carbocycles. The summed E-state index contributed by atoms with van der Waals surface area (Å²) in [7, 11) is 0. The predicted molar refractivity (Wildman–Crippen MR) is 141 cm³/mol. The first-order valence-corrected chi connectivity index (χ1v) is 12.0. The van der Waals surface area contributed by atoms with Crippen LogP contribution in [0, 0.1) is 0 Å². The molecule has 0 spiro atoms. The summed E-state index contributed by atoms with van der Waals surface area (Å²) >= 11 is 0. The molecule has 172 valence electrons. The van der Waals surface area contributed by atoms with Crippen LogP contribution in [0.25, 0.3) is 21.7 Å². The van der Waals surface area contributed by atoms with Crippen LogP contribution in [-0.2, 0) is 6.54 Å². The zero-order valence-corrected chi connectivity index (χ0v) is 20.1. The number of pyridine rings is 1. The maximum absolute atomic E-state index is 11.1. The molecule has 3 aromatic carbocycles. The molecule has 5 nitrogen and oxygen atoms in total. The summed E-state index contributed by atoms with van der Waals surface area (Å²) < 4.78 is 0. The number of benzene rings is 3. The number of fused-ring (bicyclic) bond motifs is 2. The van der Waals surface area contributed by atoms with Crippen LogP contribution in [0.3, 0.4) is 0 Å². The van der Waals surface area contributed by atoms with Crippen molar-refractivity contribution in [3.63, 3.8) is 0 Å². The van der Waals surface area contributed by atoms with Crippen LogP contribution in [0.4, 0.5) is 17.1 Å². The molecule has 1 aromatic heterocycles. The molecule has 0 bridgehead atoms. The fraction of sp³-hybridized carbons (Fsp3) is 0.321. The van der Waals surface area contributed by atoms with E-state index in [1.165, 1.54) is 10.8 Å². The molecule has 33 heavy (non-hydrogen) atoms. The highest BCUT2D eigenvalue weighted by atomic mass is 16.3. The summed E-state index contributed by atoms with van der Waals surface area (Å²) in [6.07, 6.45) is 1.85. The summed E-state index contributed by atoms with van der Waals surface area (Å²) in [5.41, 5.74) is 4.75. The molecule has 0 atom stereocenters. The molecule has 2 N–H and O–H groups in total. The molecule has 0 saturated heterocycles. The van der Waals surface area contributed by atoms with Gasteiger partial charge in [-0.1, -0.05) is 38.1 Å². The maximum atomic E-state index is 11.1. The second kappa shape index (κ2) is 10.1. The highest BCUT2D eigenvalue weighted by Gasteiger charge is 2.17. The minimum atomic E-state index is 0.377. The topological polar surface area (TPSA) is 51.6 Å². The molecule has 0 radical (unpaired) electrons. The summed E-state index contributed by atoms with van der Waals surface area (Å²) in [6, 6.07) is 18.9. The Hall–Kier alpha value is -3.31. The summed E-state index contributed by atoms with van der Waals surface area (Å²) in [5, 5.41) is 18.2. The Kier molecular flexibility index (Phi) is 6.99. The first kappa shape index (κ1) is 22.9. The Labute approximate surface area is 196 Å². The number of aromatic hydroxyl groups is 1. The van der Waals surface area contributed by atoms with Gasteiger partial charge in [-0.2, -0.15) is 0 Å². The van der Waals surface area contributed by atoms with E-state index in [1.54, 1.807) is 0 Å². The second-order valence-corrected chi connectivity index (χ2v) is 8.34. The summed E-state index contributed by atoms with van der Waals surface area (Å²) in [6.45, 7) is 12.8. The highest BCUT2D eigenvalue weighted by Crippen LogP contribution is 2.37. The predicted octanol–water partition coefficient (Wildman–Crippen LogP) is 6.53. The minimum Gasteiger partial charge on any atom is -0.505 e. The Morgan fingerprint density at radius 1 is 0.848 bits per heavy atom. The van der Waals surface area contributed by atoms with Gasteiger partial charge in [-0.25, -0.2) is 0 Å². The van der Waals surface area contributed by atoms with Crippen molar-refractivity contribution in [2.75, 3.05) is 36.4 Å². The number of hydrogen-bond donors (Lipinski definition) is 2. The first-order chi connectivity index (χ1) is 16.1. The highest BCUT2D eigenvalue weighted by molar-refractivity contribution is 6.02. The van der Waals surface area contributed by atoms with Gasteiger partial charge in [0, 0.05) is 48.2 Å². The van der Waals surface area contributed by atoms with Gasteiger partial charge in [0.15, 0.2) is 0 Å². The molecule has 0 aliphatic heterocycles. The lowest BCUT2D eigenvalue weighted by Crippen LogP contribution is -2.24. The van der Waals surface area contributed by atoms with E-state index in [4.69, 9.17) is 0 Å². The van der Waals surface area contributed by atoms with Gasteiger partial charge >= 0.3 is 0 Å². The fourth-order valence-corrected chi connectivity index (χ4v) is 4.46. The number of hydrogen-bond acceptors (Lipinski definition) is 5. The molecule has 1 heterocycles. The van der Waals surface area contributed by atoms with Gasteiger partial charge in [-0.05, 0) is 68.0 Å². The average molecular weight is 443 g/mol. The summed E-state index contributed by atoms with van der Waals surface area (Å²) in [4.78, 5) is 9.12. The van der Waals surface area contributed by atoms with Gasteiger partial charge in [-0.3, -0.25) is 9.88 Å². The lowest BCUT2D eigenvalue weighted by molar-refractivity contribution is 0.291. The van der Waals surface area contributed by atoms with Gasteiger partial charge in [0.2, 0.25) is 0 Å². The lowest BCUT2D eigenvalue weighted by Gasteiger charge is -2.26. The third-order valence-corrected chi connectivity index (χ3v) is 6.45. The van der Waals surface area contributed by atoms with Gasteiger partial charge in [0.1, 0.15) is 5.75 Å². The molecule has 4 rings (SSSR count). The van der Waals surface area contributed by atoms with Crippen LogP contribution in [0.2, 0.25) is 0 Å². The van der Waals surface area contributed by atoms with Crippen molar-refractivity contribution < 1.29 is 5.11 Å². The molecule has 0 amide bonds. The standard InChI is InChI=1S/C28H34N4O/c1-5-31(6-2)19-22-15-23(18-27(28(22)33)32(7-3)8-4)30-25-13-14-29-26-17-21-12-10-9-11-20(21)16-24(25)26/h9-18,33H,5-8,19H2,1-4H3,(H,29,30). The normalized spacial score (nSPS) is 11.4. The van der Waals surface area contributed by atoms with Gasteiger partial charge in [0.05, 0.1) is 11.2 Å². The monoisotopic (exact) mass is 442 g/mol. The van der Waals surface area contributed by atoms with Gasteiger partial charge in [-0.15, -0.1) is 0 Å². The van der Waals surface area contributed by atoms with Crippen LogP contribution in [0.15, 0.2) is 60.8 Å². The number of nitrogens with zero attached hydrogens (tertiary/aromatic N) is 3. The third kappa shape index (κ3) is 4.74. The number of phenolic OH excluding ortho intramolecular Hbond substituents is 1. The zero-order valence-electron chi connectivity index (χ0n) is 20.1. The third-order valence-electron chi connectivity index (χ3n) is 6.45. The molecule has 5 heteroatoms. The summed E-state index contributed by atoms with van der Waals surface area (Å²) in [5.74, 6) is 0.377. The van der Waals surface area contributed by atoms with Crippen molar-refractivity contribution >= 4 is 38.7 Å². The van der Waals surface area contributed by atoms with E-state index in [0.717, 1.165) is 59.7 Å². The van der Waals surface area contributed by atoms with E-state index in [0.29, 0.717) is 12.3 Å². The van der Waals surface area contributed by atoms with Crippen LogP contribution in [0.1, 0.15) is 33.3 Å². The largest absolute Gasteiger partial charge is 0.505 e. The Balaban J connectivity index is 1.80.